The van der Waals surface area contributed by atoms with Gasteiger partial charge < -0.3 is 15.7 Å². The first-order valence-corrected chi connectivity index (χ1v) is 4.32. The Labute approximate surface area is 82.9 Å². The highest BCUT2D eigenvalue weighted by Gasteiger charge is 2.05. The number of hydrogen-bond acceptors (Lipinski definition) is 5. The van der Waals surface area contributed by atoms with E-state index in [2.05, 4.69) is 16.5 Å². The van der Waals surface area contributed by atoms with Gasteiger partial charge in [-0.1, -0.05) is 6.08 Å². The fourth-order valence-electron chi connectivity index (χ4n) is 1.10. The molecule has 0 fully saturated rings. The molecule has 1 heterocycles. The van der Waals surface area contributed by atoms with E-state index in [4.69, 9.17) is 10.8 Å². The van der Waals surface area contributed by atoms with Gasteiger partial charge in [0.05, 0.1) is 19.0 Å². The minimum atomic E-state index is 0.0598. The molecule has 76 valence electrons. The predicted molar refractivity (Wildman–Crippen MR) is 55.9 cm³/mol. The van der Waals surface area contributed by atoms with Crippen LogP contribution in [0.15, 0.2) is 25.0 Å². The van der Waals surface area contributed by atoms with Crippen LogP contribution < -0.4 is 10.6 Å². The van der Waals surface area contributed by atoms with Crippen molar-refractivity contribution < 1.29 is 5.11 Å². The number of nitrogens with zero attached hydrogens (tertiary/aromatic N) is 3. The van der Waals surface area contributed by atoms with Crippen molar-refractivity contribution in [3.05, 3.63) is 25.0 Å². The van der Waals surface area contributed by atoms with Crippen LogP contribution in [0.2, 0.25) is 0 Å². The van der Waals surface area contributed by atoms with Crippen molar-refractivity contribution in [1.82, 2.24) is 9.97 Å². The second-order valence-corrected chi connectivity index (χ2v) is 2.76. The zero-order valence-corrected chi connectivity index (χ0v) is 7.93. The van der Waals surface area contributed by atoms with Crippen molar-refractivity contribution in [3.8, 4) is 0 Å². The number of aliphatic hydroxyl groups excluding tert-OH is 1. The van der Waals surface area contributed by atoms with E-state index in [1.807, 2.05) is 4.90 Å². The average molecular weight is 194 g/mol. The number of nitrogens with two attached hydrogens (primary N) is 1. The molecule has 0 aliphatic heterocycles. The summed E-state index contributed by atoms with van der Waals surface area (Å²) in [6, 6.07) is 0. The highest BCUT2D eigenvalue weighted by atomic mass is 16.3. The quantitative estimate of drug-likeness (QED) is 0.647. The summed E-state index contributed by atoms with van der Waals surface area (Å²) in [4.78, 5) is 9.86. The van der Waals surface area contributed by atoms with Crippen molar-refractivity contribution in [2.75, 3.05) is 30.3 Å². The Morgan fingerprint density at radius 2 is 2.36 bits per heavy atom. The molecule has 0 bridgehead atoms. The molecule has 0 radical (unpaired) electrons. The maximum Gasteiger partial charge on any atom is 0.149 e. The van der Waals surface area contributed by atoms with Crippen LogP contribution in [0, 0.1) is 0 Å². The number of aliphatic hydroxyl groups is 1. The summed E-state index contributed by atoms with van der Waals surface area (Å²) in [6.07, 6.45) is 4.82. The van der Waals surface area contributed by atoms with E-state index in [0.29, 0.717) is 24.7 Å². The number of rotatable bonds is 5. The van der Waals surface area contributed by atoms with E-state index in [0.717, 1.165) is 0 Å². The summed E-state index contributed by atoms with van der Waals surface area (Å²) in [5, 5.41) is 8.84. The van der Waals surface area contributed by atoms with E-state index < -0.39 is 0 Å². The SMILES string of the molecule is C=CCN(CCO)c1cncc(N)n1. The maximum atomic E-state index is 8.84. The Bertz CT molecular complexity index is 303. The smallest absolute Gasteiger partial charge is 0.149 e. The zero-order valence-electron chi connectivity index (χ0n) is 7.93. The molecule has 1 rings (SSSR count). The summed E-state index contributed by atoms with van der Waals surface area (Å²) in [5.74, 6) is 1.02. The van der Waals surface area contributed by atoms with Gasteiger partial charge in [-0.2, -0.15) is 0 Å². The molecule has 0 atom stereocenters. The van der Waals surface area contributed by atoms with Crippen molar-refractivity contribution >= 4 is 11.6 Å². The van der Waals surface area contributed by atoms with Gasteiger partial charge in [0.2, 0.25) is 0 Å². The summed E-state index contributed by atoms with van der Waals surface area (Å²) >= 11 is 0. The summed E-state index contributed by atoms with van der Waals surface area (Å²) < 4.78 is 0. The molecule has 1 aromatic heterocycles. The highest BCUT2D eigenvalue weighted by Crippen LogP contribution is 2.09. The molecule has 5 nitrogen and oxygen atoms in total. The van der Waals surface area contributed by atoms with E-state index in [1.165, 1.54) is 6.20 Å². The Morgan fingerprint density at radius 3 is 2.93 bits per heavy atom. The number of anilines is 2. The second-order valence-electron chi connectivity index (χ2n) is 2.76. The predicted octanol–water partition coefficient (Wildman–Crippen LogP) is 0.0435. The molecular formula is C9H14N4O. The molecular weight excluding hydrogens is 180 g/mol. The molecule has 0 aliphatic carbocycles. The molecule has 0 aliphatic rings. The van der Waals surface area contributed by atoms with Gasteiger partial charge in [0, 0.05) is 13.1 Å². The van der Waals surface area contributed by atoms with Crippen LogP contribution in [-0.2, 0) is 0 Å². The lowest BCUT2D eigenvalue weighted by atomic mass is 10.4. The van der Waals surface area contributed by atoms with Crippen LogP contribution in [0.4, 0.5) is 11.6 Å². The summed E-state index contributed by atoms with van der Waals surface area (Å²) in [7, 11) is 0. The van der Waals surface area contributed by atoms with Crippen LogP contribution >= 0.6 is 0 Å². The van der Waals surface area contributed by atoms with Crippen molar-refractivity contribution in [2.24, 2.45) is 0 Å². The van der Waals surface area contributed by atoms with Gasteiger partial charge in [0.1, 0.15) is 11.6 Å². The zero-order chi connectivity index (χ0) is 10.4. The molecule has 0 saturated carbocycles. The van der Waals surface area contributed by atoms with E-state index in [-0.39, 0.29) is 6.61 Å². The van der Waals surface area contributed by atoms with Gasteiger partial charge >= 0.3 is 0 Å². The topological polar surface area (TPSA) is 75.3 Å². The number of aromatic nitrogens is 2. The minimum absolute atomic E-state index is 0.0598. The highest BCUT2D eigenvalue weighted by molar-refractivity contribution is 5.41. The lowest BCUT2D eigenvalue weighted by Gasteiger charge is -2.20. The van der Waals surface area contributed by atoms with Gasteiger partial charge in [-0.3, -0.25) is 4.98 Å². The fraction of sp³-hybridized carbons (Fsp3) is 0.333. The summed E-state index contributed by atoms with van der Waals surface area (Å²) in [6.45, 7) is 4.79. The molecule has 5 heteroatoms. The Balaban J connectivity index is 2.80. The maximum absolute atomic E-state index is 8.84. The number of hydrogen-bond donors (Lipinski definition) is 2. The van der Waals surface area contributed by atoms with Crippen molar-refractivity contribution in [2.45, 2.75) is 0 Å². The molecule has 14 heavy (non-hydrogen) atoms. The monoisotopic (exact) mass is 194 g/mol. The summed E-state index contributed by atoms with van der Waals surface area (Å²) in [5.41, 5.74) is 5.50. The fourth-order valence-corrected chi connectivity index (χ4v) is 1.10. The third-order valence-electron chi connectivity index (χ3n) is 1.68. The van der Waals surface area contributed by atoms with Gasteiger partial charge in [0.25, 0.3) is 0 Å². The molecule has 0 saturated heterocycles. The van der Waals surface area contributed by atoms with Gasteiger partial charge in [-0.25, -0.2) is 4.98 Å². The molecule has 0 spiro atoms. The first kappa shape index (κ1) is 10.5. The lowest BCUT2D eigenvalue weighted by molar-refractivity contribution is 0.302. The average Bonchev–Trinajstić information content (AvgIpc) is 2.17. The van der Waals surface area contributed by atoms with Crippen LogP contribution in [0.25, 0.3) is 0 Å². The van der Waals surface area contributed by atoms with Crippen LogP contribution in [0.5, 0.6) is 0 Å². The molecule has 0 amide bonds. The van der Waals surface area contributed by atoms with Crippen molar-refractivity contribution in [3.63, 3.8) is 0 Å². The van der Waals surface area contributed by atoms with Crippen LogP contribution in [-0.4, -0.2) is 34.8 Å². The molecule has 1 aromatic rings. The third kappa shape index (κ3) is 2.70. The van der Waals surface area contributed by atoms with Crippen LogP contribution in [0.1, 0.15) is 0 Å². The first-order valence-electron chi connectivity index (χ1n) is 4.32. The van der Waals surface area contributed by atoms with Crippen LogP contribution in [0.3, 0.4) is 0 Å². The van der Waals surface area contributed by atoms with E-state index in [9.17, 15) is 0 Å². The largest absolute Gasteiger partial charge is 0.395 e. The normalized spacial score (nSPS) is 9.79. The lowest BCUT2D eigenvalue weighted by Crippen LogP contribution is -2.27. The Morgan fingerprint density at radius 1 is 1.57 bits per heavy atom. The number of nitrogen functional groups attached to an aromatic ring is 1. The second kappa shape index (κ2) is 5.18. The Kier molecular flexibility index (Phi) is 3.87. The first-order chi connectivity index (χ1) is 6.77. The molecule has 3 N–H and O–H groups in total. The van der Waals surface area contributed by atoms with E-state index >= 15 is 0 Å². The Hall–Kier alpha value is -1.62. The third-order valence-corrected chi connectivity index (χ3v) is 1.68. The standard InChI is InChI=1S/C9H14N4O/c1-2-3-13(4-5-14)9-7-11-6-8(10)12-9/h2,6-7,14H,1,3-5H2,(H2,10,12). The minimum Gasteiger partial charge on any atom is -0.395 e. The van der Waals surface area contributed by atoms with E-state index in [1.54, 1.807) is 12.3 Å². The van der Waals surface area contributed by atoms with Gasteiger partial charge in [-0.05, 0) is 0 Å². The van der Waals surface area contributed by atoms with Gasteiger partial charge in [-0.15, -0.1) is 6.58 Å². The van der Waals surface area contributed by atoms with Gasteiger partial charge in [0.15, 0.2) is 0 Å². The molecule has 0 aromatic carbocycles. The molecule has 0 unspecified atom stereocenters. The van der Waals surface area contributed by atoms with Crippen molar-refractivity contribution in [1.29, 1.82) is 0 Å².